The highest BCUT2D eigenvalue weighted by molar-refractivity contribution is 9.09. The molecule has 3 rings (SSSR count). The number of benzene rings is 2. The average molecular weight is 346 g/mol. The summed E-state index contributed by atoms with van der Waals surface area (Å²) in [7, 11) is 0. The lowest BCUT2D eigenvalue weighted by atomic mass is 10.1. The first-order chi connectivity index (χ1) is 10.3. The number of aromatic nitrogens is 1. The minimum atomic E-state index is 0.562. The molecule has 0 spiro atoms. The monoisotopic (exact) mass is 345 g/mol. The third kappa shape index (κ3) is 3.27. The van der Waals surface area contributed by atoms with Crippen molar-refractivity contribution in [3.8, 4) is 5.75 Å². The number of ether oxygens (including phenoxy) is 1. The Morgan fingerprint density at radius 2 is 2.10 bits per heavy atom. The maximum atomic E-state index is 5.88. The fourth-order valence-corrected chi connectivity index (χ4v) is 2.67. The third-order valence-electron chi connectivity index (χ3n) is 3.34. The zero-order valence-corrected chi connectivity index (χ0v) is 13.4. The summed E-state index contributed by atoms with van der Waals surface area (Å²) in [5.41, 5.74) is 4.17. The number of halogens is 1. The number of fused-ring (bicyclic) bond motifs is 1. The molecule has 1 heterocycles. The molecule has 0 saturated heterocycles. The molecule has 3 nitrogen and oxygen atoms in total. The predicted molar refractivity (Wildman–Crippen MR) is 87.0 cm³/mol. The third-order valence-corrected chi connectivity index (χ3v) is 3.73. The van der Waals surface area contributed by atoms with Gasteiger partial charge >= 0.3 is 0 Å². The van der Waals surface area contributed by atoms with Crippen LogP contribution in [0.2, 0.25) is 0 Å². The molecule has 2 aromatic carbocycles. The zero-order chi connectivity index (χ0) is 14.7. The molecule has 0 unspecified atom stereocenters. The van der Waals surface area contributed by atoms with Crippen molar-refractivity contribution in [3.05, 3.63) is 59.3 Å². The van der Waals surface area contributed by atoms with Gasteiger partial charge in [-0.15, -0.1) is 0 Å². The standard InChI is InChI=1S/C17H16BrNO2/c1-12-3-2-4-13(9-12)11-20-14-5-6-17-15(10-14)16(7-8-18)19-21-17/h2-6,9-10H,7-8,11H2,1H3. The average Bonchev–Trinajstić information content (AvgIpc) is 2.88. The molecule has 0 saturated carbocycles. The predicted octanol–water partition coefficient (Wildman–Crippen LogP) is 4.65. The van der Waals surface area contributed by atoms with E-state index in [1.165, 1.54) is 11.1 Å². The van der Waals surface area contributed by atoms with E-state index in [0.717, 1.165) is 34.2 Å². The Kier molecular flexibility index (Phi) is 4.25. The first-order valence-corrected chi connectivity index (χ1v) is 8.01. The fourth-order valence-electron chi connectivity index (χ4n) is 2.30. The maximum absolute atomic E-state index is 5.88. The van der Waals surface area contributed by atoms with Crippen LogP contribution in [0.15, 0.2) is 47.0 Å². The largest absolute Gasteiger partial charge is 0.489 e. The molecule has 0 N–H and O–H groups in total. The summed E-state index contributed by atoms with van der Waals surface area (Å²) in [6.07, 6.45) is 0.842. The Morgan fingerprint density at radius 3 is 2.90 bits per heavy atom. The van der Waals surface area contributed by atoms with E-state index >= 15 is 0 Å². The first kappa shape index (κ1) is 14.1. The summed E-state index contributed by atoms with van der Waals surface area (Å²) >= 11 is 3.43. The lowest BCUT2D eigenvalue weighted by Gasteiger charge is -2.07. The van der Waals surface area contributed by atoms with Crippen molar-refractivity contribution in [2.45, 2.75) is 20.0 Å². The Balaban J connectivity index is 1.79. The molecule has 0 atom stereocenters. The van der Waals surface area contributed by atoms with E-state index in [-0.39, 0.29) is 0 Å². The van der Waals surface area contributed by atoms with Crippen LogP contribution in [0, 0.1) is 6.92 Å². The second-order valence-corrected chi connectivity index (χ2v) is 5.80. The fraction of sp³-hybridized carbons (Fsp3) is 0.235. The molecule has 3 aromatic rings. The van der Waals surface area contributed by atoms with Crippen molar-refractivity contribution in [2.24, 2.45) is 0 Å². The van der Waals surface area contributed by atoms with Gasteiger partial charge in [-0.05, 0) is 30.7 Å². The minimum Gasteiger partial charge on any atom is -0.489 e. The van der Waals surface area contributed by atoms with Crippen molar-refractivity contribution < 1.29 is 9.26 Å². The molecule has 0 bridgehead atoms. The Bertz CT molecular complexity index is 751. The quantitative estimate of drug-likeness (QED) is 0.631. The van der Waals surface area contributed by atoms with Gasteiger partial charge in [-0.2, -0.15) is 0 Å². The normalized spacial score (nSPS) is 11.0. The van der Waals surface area contributed by atoms with E-state index in [4.69, 9.17) is 9.26 Å². The van der Waals surface area contributed by atoms with Crippen LogP contribution in [-0.2, 0) is 13.0 Å². The Morgan fingerprint density at radius 1 is 1.19 bits per heavy atom. The second kappa shape index (κ2) is 6.31. The highest BCUT2D eigenvalue weighted by Gasteiger charge is 2.09. The van der Waals surface area contributed by atoms with E-state index < -0.39 is 0 Å². The van der Waals surface area contributed by atoms with Crippen LogP contribution in [0.1, 0.15) is 16.8 Å². The van der Waals surface area contributed by atoms with Crippen molar-refractivity contribution in [1.82, 2.24) is 5.16 Å². The number of rotatable bonds is 5. The van der Waals surface area contributed by atoms with Crippen molar-refractivity contribution in [2.75, 3.05) is 5.33 Å². The van der Waals surface area contributed by atoms with E-state index in [0.29, 0.717) is 6.61 Å². The number of nitrogens with zero attached hydrogens (tertiary/aromatic N) is 1. The van der Waals surface area contributed by atoms with Gasteiger partial charge in [0.05, 0.1) is 5.69 Å². The summed E-state index contributed by atoms with van der Waals surface area (Å²) in [5, 5.41) is 5.98. The smallest absolute Gasteiger partial charge is 0.167 e. The Hall–Kier alpha value is -1.81. The summed E-state index contributed by atoms with van der Waals surface area (Å²) in [6, 6.07) is 14.2. The lowest BCUT2D eigenvalue weighted by molar-refractivity contribution is 0.306. The number of alkyl halides is 1. The van der Waals surface area contributed by atoms with Crippen molar-refractivity contribution in [3.63, 3.8) is 0 Å². The van der Waals surface area contributed by atoms with Gasteiger partial charge in [0.15, 0.2) is 5.58 Å². The van der Waals surface area contributed by atoms with Gasteiger partial charge in [0.25, 0.3) is 0 Å². The SMILES string of the molecule is Cc1cccc(COc2ccc3onc(CCBr)c3c2)c1. The van der Waals surface area contributed by atoms with Gasteiger partial charge in [-0.3, -0.25) is 0 Å². The highest BCUT2D eigenvalue weighted by atomic mass is 79.9. The van der Waals surface area contributed by atoms with Crippen molar-refractivity contribution >= 4 is 26.9 Å². The number of aryl methyl sites for hydroxylation is 2. The summed E-state index contributed by atoms with van der Waals surface area (Å²) in [5.74, 6) is 0.836. The van der Waals surface area contributed by atoms with Gasteiger partial charge in [-0.1, -0.05) is 50.9 Å². The van der Waals surface area contributed by atoms with Crippen LogP contribution >= 0.6 is 15.9 Å². The summed E-state index contributed by atoms with van der Waals surface area (Å²) < 4.78 is 11.2. The molecule has 0 aliphatic heterocycles. The van der Waals surface area contributed by atoms with Crippen LogP contribution in [0.5, 0.6) is 5.75 Å². The van der Waals surface area contributed by atoms with Crippen molar-refractivity contribution in [1.29, 1.82) is 0 Å². The molecule has 108 valence electrons. The first-order valence-electron chi connectivity index (χ1n) is 6.89. The summed E-state index contributed by atoms with van der Waals surface area (Å²) in [4.78, 5) is 0. The van der Waals surface area contributed by atoms with E-state index in [9.17, 15) is 0 Å². The van der Waals surface area contributed by atoms with Gasteiger partial charge in [-0.25, -0.2) is 0 Å². The molecule has 1 aromatic heterocycles. The molecular weight excluding hydrogens is 330 g/mol. The molecule has 0 aliphatic rings. The van der Waals surface area contributed by atoms with Gasteiger partial charge in [0.1, 0.15) is 12.4 Å². The summed E-state index contributed by atoms with van der Waals surface area (Å²) in [6.45, 7) is 2.64. The molecule has 0 aliphatic carbocycles. The molecule has 0 fully saturated rings. The van der Waals surface area contributed by atoms with Gasteiger partial charge in [0, 0.05) is 17.1 Å². The van der Waals surface area contributed by atoms with Crippen LogP contribution < -0.4 is 4.74 Å². The van der Waals surface area contributed by atoms with Crippen LogP contribution in [0.3, 0.4) is 0 Å². The zero-order valence-electron chi connectivity index (χ0n) is 11.8. The molecule has 0 amide bonds. The van der Waals surface area contributed by atoms with E-state index in [1.807, 2.05) is 24.3 Å². The van der Waals surface area contributed by atoms with Gasteiger partial charge < -0.3 is 9.26 Å². The molecule has 0 radical (unpaired) electrons. The molecule has 4 heteroatoms. The van der Waals surface area contributed by atoms with E-state index in [1.54, 1.807) is 0 Å². The minimum absolute atomic E-state index is 0.562. The Labute approximate surface area is 132 Å². The maximum Gasteiger partial charge on any atom is 0.167 e. The number of hydrogen-bond donors (Lipinski definition) is 0. The highest BCUT2D eigenvalue weighted by Crippen LogP contribution is 2.25. The number of hydrogen-bond acceptors (Lipinski definition) is 3. The second-order valence-electron chi connectivity index (χ2n) is 5.00. The van der Waals surface area contributed by atoms with Gasteiger partial charge in [0.2, 0.25) is 0 Å². The van der Waals surface area contributed by atoms with Crippen LogP contribution in [-0.4, -0.2) is 10.5 Å². The van der Waals surface area contributed by atoms with E-state index in [2.05, 4.69) is 46.2 Å². The molecule has 21 heavy (non-hydrogen) atoms. The topological polar surface area (TPSA) is 35.3 Å². The molecular formula is C17H16BrNO2. The van der Waals surface area contributed by atoms with Crippen LogP contribution in [0.4, 0.5) is 0 Å². The lowest BCUT2D eigenvalue weighted by Crippen LogP contribution is -1.95. The van der Waals surface area contributed by atoms with Crippen LogP contribution in [0.25, 0.3) is 11.0 Å².